The van der Waals surface area contributed by atoms with Gasteiger partial charge in [-0.1, -0.05) is 6.07 Å². The van der Waals surface area contributed by atoms with Crippen LogP contribution in [0.2, 0.25) is 0 Å². The first-order valence-corrected chi connectivity index (χ1v) is 12.2. The van der Waals surface area contributed by atoms with Gasteiger partial charge in [0.25, 0.3) is 0 Å². The monoisotopic (exact) mass is 487 g/mol. The summed E-state index contributed by atoms with van der Waals surface area (Å²) < 4.78 is 24.9. The summed E-state index contributed by atoms with van der Waals surface area (Å²) in [5.74, 6) is 2.13. The zero-order valence-electron chi connectivity index (χ0n) is 20.5. The molecular formula is C27H29N5O4. The Bertz CT molecular complexity index is 1350. The first-order chi connectivity index (χ1) is 17.7. The van der Waals surface area contributed by atoms with E-state index in [1.54, 1.807) is 14.2 Å². The average molecular weight is 488 g/mol. The molecule has 9 nitrogen and oxygen atoms in total. The number of hydrogen-bond acceptors (Lipinski definition) is 8. The summed E-state index contributed by atoms with van der Waals surface area (Å²) >= 11 is 0. The molecule has 1 saturated heterocycles. The lowest BCUT2D eigenvalue weighted by molar-refractivity contribution is 0.122. The van der Waals surface area contributed by atoms with E-state index >= 15 is 0 Å². The smallest absolute Gasteiger partial charge is 0.212 e. The van der Waals surface area contributed by atoms with E-state index < -0.39 is 0 Å². The van der Waals surface area contributed by atoms with Gasteiger partial charge in [0.1, 0.15) is 11.6 Å². The highest BCUT2D eigenvalue weighted by Gasteiger charge is 2.26. The quantitative estimate of drug-likeness (QED) is 0.406. The van der Waals surface area contributed by atoms with Crippen LogP contribution >= 0.6 is 0 Å². The zero-order valence-corrected chi connectivity index (χ0v) is 20.5. The molecular weight excluding hydrogens is 458 g/mol. The van der Waals surface area contributed by atoms with Crippen LogP contribution in [0.5, 0.6) is 17.4 Å². The zero-order chi connectivity index (χ0) is 24.5. The Balaban J connectivity index is 1.23. The predicted molar refractivity (Wildman–Crippen MR) is 135 cm³/mol. The standard InChI is InChI=1S/C27H29N5O4/c1-33-24-12-18(11-19-3-5-23(36-26(19)24)20-4-6-25(34-2)28-14-20)16-32-17-30-22-13-21(15-29-27(22)32)31-7-9-35-10-8-31/h4,6,11-15,17,23H,3,5,7-10,16H2,1-2H3. The van der Waals surface area contributed by atoms with Crippen molar-refractivity contribution >= 4 is 16.9 Å². The number of pyridine rings is 2. The predicted octanol–water partition coefficient (Wildman–Crippen LogP) is 3.79. The second kappa shape index (κ2) is 9.66. The topological polar surface area (TPSA) is 83.8 Å². The molecule has 2 aliphatic rings. The molecule has 0 saturated carbocycles. The van der Waals surface area contributed by atoms with E-state index in [0.717, 1.165) is 84.2 Å². The fraction of sp³-hybridized carbons (Fsp3) is 0.370. The summed E-state index contributed by atoms with van der Waals surface area (Å²) in [5, 5.41) is 0. The van der Waals surface area contributed by atoms with Crippen LogP contribution in [0.1, 0.15) is 29.2 Å². The Kier molecular flexibility index (Phi) is 6.06. The van der Waals surface area contributed by atoms with E-state index in [1.807, 2.05) is 36.9 Å². The van der Waals surface area contributed by atoms with Gasteiger partial charge in [0, 0.05) is 30.9 Å². The Morgan fingerprint density at radius 2 is 1.89 bits per heavy atom. The lowest BCUT2D eigenvalue weighted by Gasteiger charge is -2.28. The van der Waals surface area contributed by atoms with Crippen LogP contribution < -0.4 is 19.1 Å². The third kappa shape index (κ3) is 4.30. The van der Waals surface area contributed by atoms with Crippen LogP contribution in [0, 0.1) is 0 Å². The number of ether oxygens (including phenoxy) is 4. The van der Waals surface area contributed by atoms with E-state index in [2.05, 4.69) is 31.6 Å². The third-order valence-corrected chi connectivity index (χ3v) is 6.86. The molecule has 1 fully saturated rings. The second-order valence-electron chi connectivity index (χ2n) is 9.07. The Morgan fingerprint density at radius 1 is 1.00 bits per heavy atom. The maximum absolute atomic E-state index is 6.39. The molecule has 5 heterocycles. The minimum Gasteiger partial charge on any atom is -0.493 e. The molecule has 1 atom stereocenters. The molecule has 0 bridgehead atoms. The van der Waals surface area contributed by atoms with Gasteiger partial charge >= 0.3 is 0 Å². The number of rotatable bonds is 6. The number of imidazole rings is 1. The van der Waals surface area contributed by atoms with Crippen molar-refractivity contribution in [3.8, 4) is 17.4 Å². The maximum Gasteiger partial charge on any atom is 0.212 e. The summed E-state index contributed by atoms with van der Waals surface area (Å²) in [6.07, 6.45) is 7.29. The average Bonchev–Trinajstić information content (AvgIpc) is 3.34. The number of methoxy groups -OCH3 is 2. The van der Waals surface area contributed by atoms with Crippen LogP contribution in [0.3, 0.4) is 0 Å². The minimum atomic E-state index is -0.0712. The molecule has 9 heteroatoms. The summed E-state index contributed by atoms with van der Waals surface area (Å²) in [6.45, 7) is 3.89. The molecule has 1 unspecified atom stereocenters. The molecule has 3 aromatic heterocycles. The largest absolute Gasteiger partial charge is 0.493 e. The Hall–Kier alpha value is -3.85. The molecule has 6 rings (SSSR count). The van der Waals surface area contributed by atoms with Gasteiger partial charge in [-0.2, -0.15) is 0 Å². The van der Waals surface area contributed by atoms with Crippen molar-refractivity contribution in [2.45, 2.75) is 25.5 Å². The Labute approximate surface area is 209 Å². The van der Waals surface area contributed by atoms with Gasteiger partial charge in [-0.15, -0.1) is 0 Å². The van der Waals surface area contributed by atoms with Crippen LogP contribution in [0.15, 0.2) is 49.1 Å². The van der Waals surface area contributed by atoms with E-state index in [0.29, 0.717) is 12.4 Å². The van der Waals surface area contributed by atoms with Crippen molar-refractivity contribution in [3.63, 3.8) is 0 Å². The van der Waals surface area contributed by atoms with Crippen molar-refractivity contribution in [1.82, 2.24) is 19.5 Å². The van der Waals surface area contributed by atoms with Gasteiger partial charge in [0.2, 0.25) is 5.88 Å². The van der Waals surface area contributed by atoms with E-state index in [9.17, 15) is 0 Å². The lowest BCUT2D eigenvalue weighted by Crippen LogP contribution is -2.36. The first-order valence-electron chi connectivity index (χ1n) is 12.2. The van der Waals surface area contributed by atoms with Gasteiger partial charge in [0.05, 0.1) is 52.2 Å². The van der Waals surface area contributed by atoms with Crippen molar-refractivity contribution in [1.29, 1.82) is 0 Å². The van der Waals surface area contributed by atoms with Gasteiger partial charge in [-0.05, 0) is 42.2 Å². The number of morpholine rings is 1. The van der Waals surface area contributed by atoms with E-state index in [4.69, 9.17) is 23.9 Å². The van der Waals surface area contributed by atoms with Crippen molar-refractivity contribution < 1.29 is 18.9 Å². The lowest BCUT2D eigenvalue weighted by atomic mass is 9.96. The van der Waals surface area contributed by atoms with Gasteiger partial charge in [0.15, 0.2) is 17.1 Å². The fourth-order valence-electron chi connectivity index (χ4n) is 4.96. The highest BCUT2D eigenvalue weighted by atomic mass is 16.5. The summed E-state index contributed by atoms with van der Waals surface area (Å²) in [7, 11) is 3.30. The SMILES string of the molecule is COc1ccc(C2CCc3cc(Cn4cnc5cc(N6CCOCC6)cnc54)cc(OC)c3O2)cn1. The molecule has 186 valence electrons. The normalized spacial score (nSPS) is 17.5. The number of nitrogens with zero attached hydrogens (tertiary/aromatic N) is 5. The van der Waals surface area contributed by atoms with Crippen LogP contribution in [0.4, 0.5) is 5.69 Å². The number of aryl methyl sites for hydroxylation is 1. The van der Waals surface area contributed by atoms with Crippen LogP contribution in [0.25, 0.3) is 11.2 Å². The number of fused-ring (bicyclic) bond motifs is 2. The van der Waals surface area contributed by atoms with Crippen molar-refractivity contribution in [3.05, 3.63) is 65.7 Å². The minimum absolute atomic E-state index is 0.0712. The summed E-state index contributed by atoms with van der Waals surface area (Å²) in [5.41, 5.74) is 6.15. The number of benzene rings is 1. The number of aromatic nitrogens is 4. The molecule has 4 aromatic rings. The molecule has 2 aliphatic heterocycles. The molecule has 0 N–H and O–H groups in total. The van der Waals surface area contributed by atoms with Crippen LogP contribution in [-0.2, 0) is 17.7 Å². The number of anilines is 1. The van der Waals surface area contributed by atoms with E-state index in [-0.39, 0.29) is 6.10 Å². The molecule has 0 spiro atoms. The Morgan fingerprint density at radius 3 is 2.67 bits per heavy atom. The number of hydrogen-bond donors (Lipinski definition) is 0. The van der Waals surface area contributed by atoms with Crippen molar-refractivity contribution in [2.24, 2.45) is 0 Å². The van der Waals surface area contributed by atoms with Crippen LogP contribution in [-0.4, -0.2) is 60.0 Å². The first kappa shape index (κ1) is 22.6. The highest BCUT2D eigenvalue weighted by molar-refractivity contribution is 5.75. The van der Waals surface area contributed by atoms with Gasteiger partial charge < -0.3 is 28.4 Å². The third-order valence-electron chi connectivity index (χ3n) is 6.86. The highest BCUT2D eigenvalue weighted by Crippen LogP contribution is 2.42. The molecule has 0 amide bonds. The molecule has 36 heavy (non-hydrogen) atoms. The summed E-state index contributed by atoms with van der Waals surface area (Å²) in [4.78, 5) is 16.0. The maximum atomic E-state index is 6.39. The fourth-order valence-corrected chi connectivity index (χ4v) is 4.96. The summed E-state index contributed by atoms with van der Waals surface area (Å²) in [6, 6.07) is 10.2. The van der Waals surface area contributed by atoms with E-state index in [1.165, 1.54) is 0 Å². The molecule has 0 radical (unpaired) electrons. The van der Waals surface area contributed by atoms with Gasteiger partial charge in [-0.3, -0.25) is 0 Å². The van der Waals surface area contributed by atoms with Gasteiger partial charge in [-0.25, -0.2) is 15.0 Å². The molecule has 0 aliphatic carbocycles. The van der Waals surface area contributed by atoms with Crippen molar-refractivity contribution in [2.75, 3.05) is 45.4 Å². The second-order valence-corrected chi connectivity index (χ2v) is 9.07. The molecule has 1 aromatic carbocycles.